The minimum atomic E-state index is -1.16. The first-order valence-electron chi connectivity index (χ1n) is 12.4. The molecule has 8 heteroatoms. The number of ketones is 1. The Kier molecular flexibility index (Phi) is 9.08. The van der Waals surface area contributed by atoms with Crippen molar-refractivity contribution < 1.29 is 33.4 Å². The van der Waals surface area contributed by atoms with Crippen LogP contribution in [-0.2, 0) is 35.8 Å². The van der Waals surface area contributed by atoms with Gasteiger partial charge in [-0.1, -0.05) is 75.4 Å². The third kappa shape index (κ3) is 6.76. The molecule has 2 aromatic rings. The van der Waals surface area contributed by atoms with E-state index < -0.39 is 35.9 Å². The van der Waals surface area contributed by atoms with Crippen LogP contribution in [0.3, 0.4) is 0 Å². The van der Waals surface area contributed by atoms with Gasteiger partial charge in [0.1, 0.15) is 12.6 Å². The first-order chi connectivity index (χ1) is 17.6. The van der Waals surface area contributed by atoms with Gasteiger partial charge in [-0.3, -0.25) is 14.5 Å². The summed E-state index contributed by atoms with van der Waals surface area (Å²) in [6.07, 6.45) is -0.978. The van der Waals surface area contributed by atoms with Crippen molar-refractivity contribution in [1.29, 1.82) is 0 Å². The molecular weight excluding hydrogens is 474 g/mol. The van der Waals surface area contributed by atoms with Crippen molar-refractivity contribution in [2.24, 2.45) is 11.8 Å². The van der Waals surface area contributed by atoms with Crippen LogP contribution in [0.2, 0.25) is 0 Å². The normalized spacial score (nSPS) is 19.3. The molecule has 0 N–H and O–H groups in total. The molecule has 0 saturated carbocycles. The molecule has 198 valence electrons. The van der Waals surface area contributed by atoms with E-state index in [0.717, 1.165) is 11.1 Å². The molecule has 3 atom stereocenters. The van der Waals surface area contributed by atoms with Gasteiger partial charge in [0.2, 0.25) is 0 Å². The van der Waals surface area contributed by atoms with E-state index in [1.807, 2.05) is 42.5 Å². The lowest BCUT2D eigenvalue weighted by Crippen LogP contribution is -2.45. The standard InChI is InChI=1S/C29H35NO7/c1-6-36-27(33)25-22(16-24(31)35-5)23(26(32)20-12-14-21(15-13-20)29(2,3)4)17-30(25)28(34)37-18-19-10-8-7-9-11-19/h7-15,22-23,25H,6,16-18H2,1-5H3/t22-,23-,25-/m0/s1. The minimum absolute atomic E-state index is 0.000263. The number of carbonyl (C=O) groups is 4. The summed E-state index contributed by atoms with van der Waals surface area (Å²) in [5.74, 6) is -3.18. The zero-order valence-corrected chi connectivity index (χ0v) is 22.1. The fourth-order valence-corrected chi connectivity index (χ4v) is 4.59. The number of Topliss-reactive ketones (excluding diaryl/α,β-unsaturated/α-hetero) is 1. The Morgan fingerprint density at radius 2 is 1.59 bits per heavy atom. The molecule has 0 radical (unpaired) electrons. The summed E-state index contributed by atoms with van der Waals surface area (Å²) in [7, 11) is 1.24. The van der Waals surface area contributed by atoms with Crippen molar-refractivity contribution in [3.8, 4) is 0 Å². The molecule has 1 saturated heterocycles. The lowest BCUT2D eigenvalue weighted by Gasteiger charge is -2.25. The van der Waals surface area contributed by atoms with Crippen LogP contribution >= 0.6 is 0 Å². The second-order valence-corrected chi connectivity index (χ2v) is 10.1. The highest BCUT2D eigenvalue weighted by Gasteiger charge is 2.52. The lowest BCUT2D eigenvalue weighted by molar-refractivity contribution is -0.150. The highest BCUT2D eigenvalue weighted by molar-refractivity contribution is 6.00. The van der Waals surface area contributed by atoms with Gasteiger partial charge in [-0.05, 0) is 23.5 Å². The van der Waals surface area contributed by atoms with Crippen LogP contribution in [0.5, 0.6) is 0 Å². The number of likely N-dealkylation sites (tertiary alicyclic amines) is 1. The predicted molar refractivity (Wildman–Crippen MR) is 137 cm³/mol. The number of hydrogen-bond donors (Lipinski definition) is 0. The number of esters is 2. The number of rotatable bonds is 8. The summed E-state index contributed by atoms with van der Waals surface area (Å²) in [6, 6.07) is 15.2. The van der Waals surface area contributed by atoms with E-state index in [-0.39, 0.29) is 37.4 Å². The van der Waals surface area contributed by atoms with Crippen LogP contribution in [0.15, 0.2) is 54.6 Å². The number of hydrogen-bond acceptors (Lipinski definition) is 7. The van der Waals surface area contributed by atoms with Crippen LogP contribution in [0.1, 0.15) is 55.6 Å². The topological polar surface area (TPSA) is 99.2 Å². The molecule has 8 nitrogen and oxygen atoms in total. The number of nitrogens with zero attached hydrogens (tertiary/aromatic N) is 1. The second-order valence-electron chi connectivity index (χ2n) is 10.1. The van der Waals surface area contributed by atoms with Gasteiger partial charge in [-0.15, -0.1) is 0 Å². The summed E-state index contributed by atoms with van der Waals surface area (Å²) < 4.78 is 15.6. The van der Waals surface area contributed by atoms with Gasteiger partial charge < -0.3 is 14.2 Å². The minimum Gasteiger partial charge on any atom is -0.469 e. The van der Waals surface area contributed by atoms with E-state index in [9.17, 15) is 19.2 Å². The largest absolute Gasteiger partial charge is 0.469 e. The van der Waals surface area contributed by atoms with Crippen LogP contribution in [-0.4, -0.2) is 55.0 Å². The molecule has 0 aromatic heterocycles. The van der Waals surface area contributed by atoms with E-state index >= 15 is 0 Å². The Bertz CT molecular complexity index is 1110. The smallest absolute Gasteiger partial charge is 0.410 e. The zero-order chi connectivity index (χ0) is 27.2. The second kappa shape index (κ2) is 12.0. The molecule has 2 aromatic carbocycles. The molecule has 1 aliphatic rings. The Morgan fingerprint density at radius 3 is 2.16 bits per heavy atom. The van der Waals surface area contributed by atoms with Crippen molar-refractivity contribution in [2.45, 2.75) is 52.2 Å². The highest BCUT2D eigenvalue weighted by Crippen LogP contribution is 2.37. The van der Waals surface area contributed by atoms with E-state index in [0.29, 0.717) is 5.56 Å². The summed E-state index contributed by atoms with van der Waals surface area (Å²) in [4.78, 5) is 53.4. The Morgan fingerprint density at radius 1 is 0.946 bits per heavy atom. The van der Waals surface area contributed by atoms with Gasteiger partial charge in [0.25, 0.3) is 0 Å². The quantitative estimate of drug-likeness (QED) is 0.292. The van der Waals surface area contributed by atoms with Gasteiger partial charge in [-0.25, -0.2) is 9.59 Å². The molecule has 1 heterocycles. The lowest BCUT2D eigenvalue weighted by atomic mass is 9.81. The fraction of sp³-hybridized carbons (Fsp3) is 0.448. The summed E-state index contributed by atoms with van der Waals surface area (Å²) in [5.41, 5.74) is 2.20. The van der Waals surface area contributed by atoms with Crippen LogP contribution in [0.4, 0.5) is 4.79 Å². The highest BCUT2D eigenvalue weighted by atomic mass is 16.6. The third-order valence-electron chi connectivity index (χ3n) is 6.62. The van der Waals surface area contributed by atoms with Crippen LogP contribution < -0.4 is 0 Å². The van der Waals surface area contributed by atoms with E-state index in [2.05, 4.69) is 20.8 Å². The van der Waals surface area contributed by atoms with Crippen molar-refractivity contribution in [1.82, 2.24) is 4.90 Å². The van der Waals surface area contributed by atoms with E-state index in [1.54, 1.807) is 19.1 Å². The monoisotopic (exact) mass is 509 g/mol. The molecular formula is C29H35NO7. The molecule has 1 amide bonds. The van der Waals surface area contributed by atoms with Gasteiger partial charge in [-0.2, -0.15) is 0 Å². The summed E-state index contributed by atoms with van der Waals surface area (Å²) in [5, 5.41) is 0. The van der Waals surface area contributed by atoms with Crippen molar-refractivity contribution in [3.63, 3.8) is 0 Å². The number of ether oxygens (including phenoxy) is 3. The SMILES string of the molecule is CCOC(=O)[C@@H]1[C@@H](CC(=O)OC)[C@@H](C(=O)c2ccc(C(C)(C)C)cc2)CN1C(=O)OCc1ccccc1. The Labute approximate surface area is 217 Å². The molecule has 3 rings (SSSR count). The molecule has 0 unspecified atom stereocenters. The first kappa shape index (κ1) is 27.9. The number of amides is 1. The van der Waals surface area contributed by atoms with E-state index in [4.69, 9.17) is 14.2 Å². The van der Waals surface area contributed by atoms with Crippen molar-refractivity contribution in [3.05, 3.63) is 71.3 Å². The van der Waals surface area contributed by atoms with Gasteiger partial charge in [0, 0.05) is 23.9 Å². The average Bonchev–Trinajstić information content (AvgIpc) is 3.26. The third-order valence-corrected chi connectivity index (χ3v) is 6.62. The number of benzene rings is 2. The van der Waals surface area contributed by atoms with Gasteiger partial charge in [0.05, 0.1) is 20.1 Å². The maximum absolute atomic E-state index is 13.7. The first-order valence-corrected chi connectivity index (χ1v) is 12.4. The van der Waals surface area contributed by atoms with Crippen molar-refractivity contribution in [2.75, 3.05) is 20.3 Å². The number of carbonyl (C=O) groups excluding carboxylic acids is 4. The van der Waals surface area contributed by atoms with Crippen LogP contribution in [0.25, 0.3) is 0 Å². The molecule has 37 heavy (non-hydrogen) atoms. The van der Waals surface area contributed by atoms with Crippen LogP contribution in [0, 0.1) is 11.8 Å². The average molecular weight is 510 g/mol. The Balaban J connectivity index is 1.92. The maximum Gasteiger partial charge on any atom is 0.410 e. The Hall–Kier alpha value is -3.68. The molecule has 1 fully saturated rings. The molecule has 0 aliphatic carbocycles. The van der Waals surface area contributed by atoms with Gasteiger partial charge in [0.15, 0.2) is 5.78 Å². The number of methoxy groups -OCH3 is 1. The molecule has 0 spiro atoms. The zero-order valence-electron chi connectivity index (χ0n) is 22.1. The fourth-order valence-electron chi connectivity index (χ4n) is 4.59. The van der Waals surface area contributed by atoms with Gasteiger partial charge >= 0.3 is 18.0 Å². The summed E-state index contributed by atoms with van der Waals surface area (Å²) >= 11 is 0. The summed E-state index contributed by atoms with van der Waals surface area (Å²) in [6.45, 7) is 7.89. The predicted octanol–water partition coefficient (Wildman–Crippen LogP) is 4.55. The maximum atomic E-state index is 13.7. The van der Waals surface area contributed by atoms with Crippen molar-refractivity contribution >= 4 is 23.8 Å². The molecule has 0 bridgehead atoms. The van der Waals surface area contributed by atoms with E-state index in [1.165, 1.54) is 12.0 Å². The molecule has 1 aliphatic heterocycles.